The molecular weight excluding hydrogens is 342 g/mol. The third-order valence-corrected chi connectivity index (χ3v) is 5.49. The van der Waals surface area contributed by atoms with Crippen LogP contribution >= 0.6 is 27.7 Å². The van der Waals surface area contributed by atoms with Crippen molar-refractivity contribution < 1.29 is 0 Å². The maximum absolute atomic E-state index is 3.58. The van der Waals surface area contributed by atoms with Crippen molar-refractivity contribution in [1.82, 2.24) is 5.32 Å². The van der Waals surface area contributed by atoms with Gasteiger partial charge in [0.15, 0.2) is 0 Å². The summed E-state index contributed by atoms with van der Waals surface area (Å²) in [5, 5.41) is 3.43. The van der Waals surface area contributed by atoms with E-state index in [9.17, 15) is 0 Å². The van der Waals surface area contributed by atoms with Gasteiger partial charge in [0.05, 0.1) is 0 Å². The molecule has 0 bridgehead atoms. The molecule has 2 aromatic carbocycles. The molecule has 1 nitrogen and oxygen atoms in total. The van der Waals surface area contributed by atoms with E-state index in [0.29, 0.717) is 0 Å². The van der Waals surface area contributed by atoms with Crippen LogP contribution in [-0.2, 0) is 19.4 Å². The first-order valence-electron chi connectivity index (χ1n) is 7.55. The average Bonchev–Trinajstić information content (AvgIpc) is 2.95. The number of aryl methyl sites for hydroxylation is 2. The standard InChI is InChI=1S/C18H20BrNS/c1-2-20-12-15-10-16(19)7-9-18(15)21-17-8-6-13-4-3-5-14(13)11-17/h6-11,20H,2-5,12H2,1H3. The summed E-state index contributed by atoms with van der Waals surface area (Å²) in [4.78, 5) is 2.70. The second-order valence-corrected chi connectivity index (χ2v) is 7.45. The molecule has 0 radical (unpaired) electrons. The fraction of sp³-hybridized carbons (Fsp3) is 0.333. The molecule has 0 fully saturated rings. The average molecular weight is 362 g/mol. The Balaban J connectivity index is 1.83. The predicted octanol–water partition coefficient (Wildman–Crippen LogP) is 5.20. The monoisotopic (exact) mass is 361 g/mol. The van der Waals surface area contributed by atoms with Crippen molar-refractivity contribution >= 4 is 27.7 Å². The van der Waals surface area contributed by atoms with E-state index in [-0.39, 0.29) is 0 Å². The molecule has 0 aromatic heterocycles. The van der Waals surface area contributed by atoms with Crippen LogP contribution in [0.3, 0.4) is 0 Å². The Hall–Kier alpha value is -0.770. The van der Waals surface area contributed by atoms with Gasteiger partial charge >= 0.3 is 0 Å². The Morgan fingerprint density at radius 2 is 1.95 bits per heavy atom. The summed E-state index contributed by atoms with van der Waals surface area (Å²) in [6, 6.07) is 13.5. The lowest BCUT2D eigenvalue weighted by molar-refractivity contribution is 0.717. The number of hydrogen-bond donors (Lipinski definition) is 1. The van der Waals surface area contributed by atoms with Crippen molar-refractivity contribution in [1.29, 1.82) is 0 Å². The van der Waals surface area contributed by atoms with Crippen LogP contribution < -0.4 is 5.32 Å². The molecule has 0 heterocycles. The van der Waals surface area contributed by atoms with Crippen LogP contribution in [0.15, 0.2) is 50.7 Å². The lowest BCUT2D eigenvalue weighted by Crippen LogP contribution is -2.12. The summed E-state index contributed by atoms with van der Waals surface area (Å²) in [7, 11) is 0. The van der Waals surface area contributed by atoms with Gasteiger partial charge in [-0.3, -0.25) is 0 Å². The molecule has 0 spiro atoms. The van der Waals surface area contributed by atoms with Crippen molar-refractivity contribution in [2.24, 2.45) is 0 Å². The Kier molecular flexibility index (Phi) is 5.04. The summed E-state index contributed by atoms with van der Waals surface area (Å²) in [5.74, 6) is 0. The number of nitrogens with one attached hydrogen (secondary N) is 1. The van der Waals surface area contributed by atoms with E-state index in [2.05, 4.69) is 64.6 Å². The summed E-state index contributed by atoms with van der Waals surface area (Å²) >= 11 is 5.46. The fourth-order valence-corrected chi connectivity index (χ4v) is 4.18. The first kappa shape index (κ1) is 15.1. The van der Waals surface area contributed by atoms with Crippen molar-refractivity contribution in [3.8, 4) is 0 Å². The van der Waals surface area contributed by atoms with Gasteiger partial charge in [-0.2, -0.15) is 0 Å². The maximum atomic E-state index is 3.58. The Morgan fingerprint density at radius 3 is 2.81 bits per heavy atom. The topological polar surface area (TPSA) is 12.0 Å². The Bertz CT molecular complexity index is 639. The van der Waals surface area contributed by atoms with Crippen molar-refractivity contribution in [3.05, 3.63) is 57.6 Å². The summed E-state index contributed by atoms with van der Waals surface area (Å²) in [6.45, 7) is 4.06. The normalized spacial score (nSPS) is 13.4. The molecule has 0 amide bonds. The highest BCUT2D eigenvalue weighted by atomic mass is 79.9. The summed E-state index contributed by atoms with van der Waals surface area (Å²) in [5.41, 5.74) is 4.45. The minimum absolute atomic E-state index is 0.920. The molecule has 0 saturated heterocycles. The molecule has 3 rings (SSSR count). The number of hydrogen-bond acceptors (Lipinski definition) is 2. The van der Waals surface area contributed by atoms with Gasteiger partial charge in [0.25, 0.3) is 0 Å². The number of benzene rings is 2. The smallest absolute Gasteiger partial charge is 0.0217 e. The van der Waals surface area contributed by atoms with Gasteiger partial charge in [-0.05, 0) is 72.8 Å². The van der Waals surface area contributed by atoms with Gasteiger partial charge in [-0.25, -0.2) is 0 Å². The summed E-state index contributed by atoms with van der Waals surface area (Å²) < 4.78 is 1.15. The number of halogens is 1. The van der Waals surface area contributed by atoms with Gasteiger partial charge in [-0.1, -0.05) is 40.7 Å². The van der Waals surface area contributed by atoms with Crippen LogP contribution in [0.1, 0.15) is 30.0 Å². The van der Waals surface area contributed by atoms with Gasteiger partial charge in [0.1, 0.15) is 0 Å². The number of rotatable bonds is 5. The highest BCUT2D eigenvalue weighted by Crippen LogP contribution is 2.34. The lowest BCUT2D eigenvalue weighted by atomic mass is 10.1. The van der Waals surface area contributed by atoms with Gasteiger partial charge < -0.3 is 5.32 Å². The van der Waals surface area contributed by atoms with E-state index < -0.39 is 0 Å². The van der Waals surface area contributed by atoms with Crippen molar-refractivity contribution in [2.75, 3.05) is 6.54 Å². The predicted molar refractivity (Wildman–Crippen MR) is 94.1 cm³/mol. The molecule has 1 aliphatic carbocycles. The molecule has 21 heavy (non-hydrogen) atoms. The highest BCUT2D eigenvalue weighted by Gasteiger charge is 2.12. The molecule has 3 heteroatoms. The first-order valence-corrected chi connectivity index (χ1v) is 9.16. The van der Waals surface area contributed by atoms with E-state index in [4.69, 9.17) is 0 Å². The van der Waals surface area contributed by atoms with Crippen LogP contribution in [0.5, 0.6) is 0 Å². The van der Waals surface area contributed by atoms with E-state index in [1.54, 1.807) is 11.1 Å². The first-order chi connectivity index (χ1) is 10.3. The minimum atomic E-state index is 0.920. The van der Waals surface area contributed by atoms with Crippen molar-refractivity contribution in [2.45, 2.75) is 42.5 Å². The Morgan fingerprint density at radius 1 is 1.10 bits per heavy atom. The molecular formula is C18H20BrNS. The molecule has 0 aliphatic heterocycles. The molecule has 2 aromatic rings. The Labute approximate surface area is 139 Å². The largest absolute Gasteiger partial charge is 0.313 e. The van der Waals surface area contributed by atoms with E-state index in [1.807, 2.05) is 11.8 Å². The van der Waals surface area contributed by atoms with Gasteiger partial charge in [0, 0.05) is 20.8 Å². The zero-order valence-electron chi connectivity index (χ0n) is 12.3. The van der Waals surface area contributed by atoms with Crippen LogP contribution in [0.2, 0.25) is 0 Å². The quantitative estimate of drug-likeness (QED) is 0.785. The maximum Gasteiger partial charge on any atom is 0.0217 e. The van der Waals surface area contributed by atoms with E-state index in [0.717, 1.165) is 17.6 Å². The molecule has 0 unspecified atom stereocenters. The van der Waals surface area contributed by atoms with Crippen LogP contribution in [0.4, 0.5) is 0 Å². The zero-order chi connectivity index (χ0) is 14.7. The third kappa shape index (κ3) is 3.71. The van der Waals surface area contributed by atoms with Crippen molar-refractivity contribution in [3.63, 3.8) is 0 Å². The van der Waals surface area contributed by atoms with Gasteiger partial charge in [-0.15, -0.1) is 0 Å². The zero-order valence-corrected chi connectivity index (χ0v) is 14.7. The van der Waals surface area contributed by atoms with Crippen LogP contribution in [0.25, 0.3) is 0 Å². The number of fused-ring (bicyclic) bond motifs is 1. The molecule has 110 valence electrons. The fourth-order valence-electron chi connectivity index (χ4n) is 2.78. The summed E-state index contributed by atoms with van der Waals surface area (Å²) in [6.07, 6.45) is 3.81. The molecule has 0 atom stereocenters. The third-order valence-electron chi connectivity index (χ3n) is 3.89. The second kappa shape index (κ2) is 6.99. The van der Waals surface area contributed by atoms with Crippen LogP contribution in [-0.4, -0.2) is 6.54 Å². The molecule has 1 aliphatic rings. The van der Waals surface area contributed by atoms with Gasteiger partial charge in [0.2, 0.25) is 0 Å². The SMILES string of the molecule is CCNCc1cc(Br)ccc1Sc1ccc2c(c1)CCC2. The van der Waals surface area contributed by atoms with E-state index >= 15 is 0 Å². The van der Waals surface area contributed by atoms with E-state index in [1.165, 1.54) is 34.6 Å². The van der Waals surface area contributed by atoms with Crippen LogP contribution in [0, 0.1) is 0 Å². The lowest BCUT2D eigenvalue weighted by Gasteiger charge is -2.11. The second-order valence-electron chi connectivity index (χ2n) is 5.42. The molecule has 1 N–H and O–H groups in total. The molecule has 0 saturated carbocycles. The minimum Gasteiger partial charge on any atom is -0.313 e. The highest BCUT2D eigenvalue weighted by molar-refractivity contribution is 9.10.